The SMILES string of the molecule is ClC(c1cc(Br)cc2c1OCC2)C1CCCO1. The summed E-state index contributed by atoms with van der Waals surface area (Å²) in [6.45, 7) is 1.58. The quantitative estimate of drug-likeness (QED) is 0.772. The topological polar surface area (TPSA) is 18.5 Å². The van der Waals surface area contributed by atoms with Gasteiger partial charge in [-0.05, 0) is 30.5 Å². The molecule has 0 N–H and O–H groups in total. The molecule has 0 radical (unpaired) electrons. The lowest BCUT2D eigenvalue weighted by Crippen LogP contribution is -2.13. The highest BCUT2D eigenvalue weighted by Gasteiger charge is 2.30. The third-order valence-electron chi connectivity index (χ3n) is 3.37. The van der Waals surface area contributed by atoms with Crippen molar-refractivity contribution in [2.75, 3.05) is 13.2 Å². The van der Waals surface area contributed by atoms with Gasteiger partial charge in [-0.2, -0.15) is 0 Å². The van der Waals surface area contributed by atoms with E-state index < -0.39 is 0 Å². The summed E-state index contributed by atoms with van der Waals surface area (Å²) in [7, 11) is 0. The summed E-state index contributed by atoms with van der Waals surface area (Å²) in [6.07, 6.45) is 3.23. The van der Waals surface area contributed by atoms with E-state index >= 15 is 0 Å². The van der Waals surface area contributed by atoms with Crippen LogP contribution in [0, 0.1) is 0 Å². The Morgan fingerprint density at radius 2 is 2.24 bits per heavy atom. The van der Waals surface area contributed by atoms with Crippen LogP contribution in [-0.2, 0) is 11.2 Å². The fourth-order valence-electron chi connectivity index (χ4n) is 2.54. The molecule has 0 aliphatic carbocycles. The van der Waals surface area contributed by atoms with E-state index in [0.29, 0.717) is 0 Å². The van der Waals surface area contributed by atoms with Gasteiger partial charge in [0.25, 0.3) is 0 Å². The second-order valence-electron chi connectivity index (χ2n) is 4.53. The van der Waals surface area contributed by atoms with Gasteiger partial charge in [0.05, 0.1) is 18.1 Å². The Bertz CT molecular complexity index is 430. The highest BCUT2D eigenvalue weighted by molar-refractivity contribution is 9.10. The first-order valence-electron chi connectivity index (χ1n) is 5.96. The number of hydrogen-bond donors (Lipinski definition) is 0. The van der Waals surface area contributed by atoms with E-state index in [1.165, 1.54) is 5.56 Å². The molecule has 2 nitrogen and oxygen atoms in total. The lowest BCUT2D eigenvalue weighted by atomic mass is 10.0. The van der Waals surface area contributed by atoms with Crippen LogP contribution < -0.4 is 4.74 Å². The first-order chi connectivity index (χ1) is 8.25. The molecule has 2 heterocycles. The molecule has 2 aliphatic rings. The van der Waals surface area contributed by atoms with E-state index in [0.717, 1.165) is 48.3 Å². The van der Waals surface area contributed by atoms with E-state index in [9.17, 15) is 0 Å². The maximum absolute atomic E-state index is 6.54. The Labute approximate surface area is 114 Å². The van der Waals surface area contributed by atoms with E-state index in [1.54, 1.807) is 0 Å². The van der Waals surface area contributed by atoms with Gasteiger partial charge in [-0.1, -0.05) is 15.9 Å². The van der Waals surface area contributed by atoms with Gasteiger partial charge in [0.2, 0.25) is 0 Å². The maximum Gasteiger partial charge on any atom is 0.127 e. The van der Waals surface area contributed by atoms with Gasteiger partial charge < -0.3 is 9.47 Å². The van der Waals surface area contributed by atoms with Crippen molar-refractivity contribution >= 4 is 27.5 Å². The molecule has 2 atom stereocenters. The van der Waals surface area contributed by atoms with Crippen LogP contribution in [-0.4, -0.2) is 19.3 Å². The zero-order valence-corrected chi connectivity index (χ0v) is 11.8. The van der Waals surface area contributed by atoms with Crippen LogP contribution in [0.4, 0.5) is 0 Å². The highest BCUT2D eigenvalue weighted by Crippen LogP contribution is 2.42. The molecule has 2 unspecified atom stereocenters. The molecule has 2 aliphatic heterocycles. The van der Waals surface area contributed by atoms with E-state index in [4.69, 9.17) is 21.1 Å². The van der Waals surface area contributed by atoms with E-state index in [-0.39, 0.29) is 11.5 Å². The number of alkyl halides is 1. The molecule has 3 rings (SSSR count). The monoisotopic (exact) mass is 316 g/mol. The van der Waals surface area contributed by atoms with Crippen LogP contribution >= 0.6 is 27.5 Å². The second kappa shape index (κ2) is 4.79. The summed E-state index contributed by atoms with van der Waals surface area (Å²) in [5.74, 6) is 0.976. The third-order valence-corrected chi connectivity index (χ3v) is 4.34. The number of ether oxygens (including phenoxy) is 2. The van der Waals surface area contributed by atoms with Crippen molar-refractivity contribution in [2.24, 2.45) is 0 Å². The van der Waals surface area contributed by atoms with Crippen LogP contribution in [0.2, 0.25) is 0 Å². The largest absolute Gasteiger partial charge is 0.493 e. The summed E-state index contributed by atoms with van der Waals surface area (Å²) < 4.78 is 12.4. The van der Waals surface area contributed by atoms with Crippen molar-refractivity contribution in [1.29, 1.82) is 0 Å². The summed E-state index contributed by atoms with van der Waals surface area (Å²) in [6, 6.07) is 4.18. The number of rotatable bonds is 2. The molecule has 92 valence electrons. The predicted molar refractivity (Wildman–Crippen MR) is 70.9 cm³/mol. The smallest absolute Gasteiger partial charge is 0.127 e. The molecule has 1 aromatic rings. The summed E-state index contributed by atoms with van der Waals surface area (Å²) >= 11 is 10.1. The van der Waals surface area contributed by atoms with E-state index in [1.807, 2.05) is 0 Å². The van der Waals surface area contributed by atoms with Crippen LogP contribution in [0.3, 0.4) is 0 Å². The first kappa shape index (κ1) is 11.8. The van der Waals surface area contributed by atoms with Gasteiger partial charge in [-0.25, -0.2) is 0 Å². The summed E-state index contributed by atoms with van der Waals surface area (Å²) in [5, 5.41) is -0.109. The van der Waals surface area contributed by atoms with Gasteiger partial charge in [0.1, 0.15) is 5.75 Å². The van der Waals surface area contributed by atoms with Crippen LogP contribution in [0.15, 0.2) is 16.6 Å². The van der Waals surface area contributed by atoms with E-state index in [2.05, 4.69) is 28.1 Å². The zero-order valence-electron chi connectivity index (χ0n) is 9.42. The molecule has 0 saturated carbocycles. The van der Waals surface area contributed by atoms with Crippen LogP contribution in [0.1, 0.15) is 29.3 Å². The van der Waals surface area contributed by atoms with Crippen molar-refractivity contribution in [2.45, 2.75) is 30.7 Å². The number of halogens is 2. The summed E-state index contributed by atoms with van der Waals surface area (Å²) in [5.41, 5.74) is 2.32. The Balaban J connectivity index is 1.96. The second-order valence-corrected chi connectivity index (χ2v) is 5.92. The fourth-order valence-corrected chi connectivity index (χ4v) is 3.42. The molecular weight excluding hydrogens is 303 g/mol. The maximum atomic E-state index is 6.54. The Morgan fingerprint density at radius 1 is 1.35 bits per heavy atom. The Kier molecular flexibility index (Phi) is 3.33. The normalized spacial score (nSPS) is 24.5. The molecule has 4 heteroatoms. The van der Waals surface area contributed by atoms with Gasteiger partial charge in [0.15, 0.2) is 0 Å². The van der Waals surface area contributed by atoms with Gasteiger partial charge in [0, 0.05) is 23.1 Å². The minimum Gasteiger partial charge on any atom is -0.493 e. The molecule has 1 fully saturated rings. The fraction of sp³-hybridized carbons (Fsp3) is 0.538. The number of benzene rings is 1. The molecule has 0 bridgehead atoms. The molecule has 17 heavy (non-hydrogen) atoms. The van der Waals surface area contributed by atoms with Crippen LogP contribution in [0.25, 0.3) is 0 Å². The van der Waals surface area contributed by atoms with Gasteiger partial charge in [-0.15, -0.1) is 11.6 Å². The van der Waals surface area contributed by atoms with Crippen molar-refractivity contribution in [3.63, 3.8) is 0 Å². The lowest BCUT2D eigenvalue weighted by molar-refractivity contribution is 0.107. The molecule has 0 spiro atoms. The van der Waals surface area contributed by atoms with Gasteiger partial charge in [-0.3, -0.25) is 0 Å². The van der Waals surface area contributed by atoms with Crippen molar-refractivity contribution in [1.82, 2.24) is 0 Å². The predicted octanol–water partition coefficient (Wildman–Crippen LogP) is 3.84. The minimum absolute atomic E-state index is 0.109. The molecule has 0 aromatic heterocycles. The first-order valence-corrected chi connectivity index (χ1v) is 7.19. The zero-order chi connectivity index (χ0) is 11.8. The molecule has 1 aromatic carbocycles. The highest BCUT2D eigenvalue weighted by atomic mass is 79.9. The molecule has 1 saturated heterocycles. The standard InChI is InChI=1S/C13H14BrClO2/c14-9-6-8-3-5-17-13(8)10(7-9)12(15)11-2-1-4-16-11/h6-7,11-12H,1-5H2. The minimum atomic E-state index is -0.109. The van der Waals surface area contributed by atoms with Crippen molar-refractivity contribution < 1.29 is 9.47 Å². The lowest BCUT2D eigenvalue weighted by Gasteiger charge is -2.19. The average molecular weight is 318 g/mol. The third kappa shape index (κ3) is 2.20. The molecular formula is C13H14BrClO2. The number of fused-ring (bicyclic) bond motifs is 1. The average Bonchev–Trinajstić information content (AvgIpc) is 2.97. The number of hydrogen-bond acceptors (Lipinski definition) is 2. The van der Waals surface area contributed by atoms with Crippen LogP contribution in [0.5, 0.6) is 5.75 Å². The van der Waals surface area contributed by atoms with Crippen molar-refractivity contribution in [3.05, 3.63) is 27.7 Å². The Hall–Kier alpha value is -0.250. The molecule has 0 amide bonds. The van der Waals surface area contributed by atoms with Crippen molar-refractivity contribution in [3.8, 4) is 5.75 Å². The Morgan fingerprint density at radius 3 is 3.00 bits per heavy atom. The summed E-state index contributed by atoms with van der Waals surface area (Å²) in [4.78, 5) is 0. The van der Waals surface area contributed by atoms with Gasteiger partial charge >= 0.3 is 0 Å².